The van der Waals surface area contributed by atoms with Crippen molar-refractivity contribution in [3.63, 3.8) is 0 Å². The molecule has 1 fully saturated rings. The number of halogens is 1. The van der Waals surface area contributed by atoms with Crippen LogP contribution in [0, 0.1) is 12.8 Å². The fraction of sp³-hybridized carbons (Fsp3) is 0.769. The highest BCUT2D eigenvalue weighted by Gasteiger charge is 2.32. The SMILES string of the molecule is CCC1OCCC1C(N)Cc1c(Br)c(C)nn1C. The lowest BCUT2D eigenvalue weighted by atomic mass is 9.89. The molecule has 3 atom stereocenters. The average molecular weight is 316 g/mol. The molecular weight excluding hydrogens is 294 g/mol. The van der Waals surface area contributed by atoms with Crippen molar-refractivity contribution in [3.8, 4) is 0 Å². The van der Waals surface area contributed by atoms with Crippen molar-refractivity contribution >= 4 is 15.9 Å². The third-order valence-corrected chi connectivity index (χ3v) is 4.94. The Bertz CT molecular complexity index is 419. The summed E-state index contributed by atoms with van der Waals surface area (Å²) in [5.74, 6) is 0.470. The monoisotopic (exact) mass is 315 g/mol. The number of aryl methyl sites for hydroxylation is 2. The molecule has 0 bridgehead atoms. The lowest BCUT2D eigenvalue weighted by molar-refractivity contribution is 0.0812. The Morgan fingerprint density at radius 3 is 2.89 bits per heavy atom. The van der Waals surface area contributed by atoms with Crippen LogP contribution in [-0.4, -0.2) is 28.5 Å². The maximum atomic E-state index is 6.38. The molecule has 18 heavy (non-hydrogen) atoms. The third-order valence-electron chi connectivity index (χ3n) is 3.90. The first-order chi connectivity index (χ1) is 8.54. The summed E-state index contributed by atoms with van der Waals surface area (Å²) >= 11 is 3.60. The van der Waals surface area contributed by atoms with Crippen molar-refractivity contribution in [2.45, 2.75) is 45.3 Å². The summed E-state index contributed by atoms with van der Waals surface area (Å²) in [5, 5.41) is 4.41. The van der Waals surface area contributed by atoms with Crippen LogP contribution in [0.1, 0.15) is 31.2 Å². The molecule has 0 saturated carbocycles. The number of rotatable bonds is 4. The second-order valence-corrected chi connectivity index (χ2v) is 5.90. The zero-order chi connectivity index (χ0) is 13.3. The van der Waals surface area contributed by atoms with Crippen LogP contribution in [0.2, 0.25) is 0 Å². The summed E-state index contributed by atoms with van der Waals surface area (Å²) in [4.78, 5) is 0. The fourth-order valence-electron chi connectivity index (χ4n) is 2.85. The quantitative estimate of drug-likeness (QED) is 0.926. The number of aromatic nitrogens is 2. The minimum absolute atomic E-state index is 0.142. The fourth-order valence-corrected chi connectivity index (χ4v) is 3.35. The van der Waals surface area contributed by atoms with Gasteiger partial charge in [-0.2, -0.15) is 5.10 Å². The van der Waals surface area contributed by atoms with Gasteiger partial charge in [-0.1, -0.05) is 6.92 Å². The molecule has 102 valence electrons. The summed E-state index contributed by atoms with van der Waals surface area (Å²) < 4.78 is 8.74. The van der Waals surface area contributed by atoms with Gasteiger partial charge in [-0.3, -0.25) is 4.68 Å². The van der Waals surface area contributed by atoms with Crippen molar-refractivity contribution < 1.29 is 4.74 Å². The Kier molecular flexibility index (Phi) is 4.45. The minimum Gasteiger partial charge on any atom is -0.378 e. The highest BCUT2D eigenvalue weighted by Crippen LogP contribution is 2.29. The highest BCUT2D eigenvalue weighted by atomic mass is 79.9. The van der Waals surface area contributed by atoms with E-state index in [0.717, 1.165) is 36.0 Å². The van der Waals surface area contributed by atoms with E-state index in [1.807, 2.05) is 18.7 Å². The zero-order valence-corrected chi connectivity index (χ0v) is 12.9. The summed E-state index contributed by atoms with van der Waals surface area (Å²) in [5.41, 5.74) is 8.59. The van der Waals surface area contributed by atoms with Crippen LogP contribution in [-0.2, 0) is 18.2 Å². The van der Waals surface area contributed by atoms with Gasteiger partial charge >= 0.3 is 0 Å². The molecule has 0 radical (unpaired) electrons. The molecule has 1 aromatic rings. The number of ether oxygens (including phenoxy) is 1. The first-order valence-electron chi connectivity index (χ1n) is 6.59. The van der Waals surface area contributed by atoms with E-state index < -0.39 is 0 Å². The Morgan fingerprint density at radius 1 is 1.61 bits per heavy atom. The van der Waals surface area contributed by atoms with Crippen LogP contribution >= 0.6 is 15.9 Å². The van der Waals surface area contributed by atoms with E-state index >= 15 is 0 Å². The second-order valence-electron chi connectivity index (χ2n) is 5.11. The van der Waals surface area contributed by atoms with Crippen LogP contribution < -0.4 is 5.73 Å². The Balaban J connectivity index is 2.09. The molecule has 4 nitrogen and oxygen atoms in total. The summed E-state index contributed by atoms with van der Waals surface area (Å²) in [6, 6.07) is 0.142. The number of hydrogen-bond acceptors (Lipinski definition) is 3. The van der Waals surface area contributed by atoms with E-state index in [2.05, 4.69) is 28.0 Å². The molecule has 0 aromatic carbocycles. The van der Waals surface area contributed by atoms with Crippen molar-refractivity contribution in [2.24, 2.45) is 18.7 Å². The predicted octanol–water partition coefficient (Wildman–Crippen LogP) is 2.18. The minimum atomic E-state index is 0.142. The third kappa shape index (κ3) is 2.63. The summed E-state index contributed by atoms with van der Waals surface area (Å²) in [6.45, 7) is 5.02. The van der Waals surface area contributed by atoms with E-state index in [9.17, 15) is 0 Å². The van der Waals surface area contributed by atoms with E-state index in [0.29, 0.717) is 12.0 Å². The van der Waals surface area contributed by atoms with E-state index in [1.165, 1.54) is 5.69 Å². The van der Waals surface area contributed by atoms with E-state index in [1.54, 1.807) is 0 Å². The molecule has 2 rings (SSSR count). The maximum Gasteiger partial charge on any atom is 0.0738 e. The summed E-state index contributed by atoms with van der Waals surface area (Å²) in [7, 11) is 1.97. The molecule has 2 heterocycles. The van der Waals surface area contributed by atoms with Gasteiger partial charge < -0.3 is 10.5 Å². The number of nitrogens with two attached hydrogens (primary N) is 1. The molecule has 1 aliphatic heterocycles. The first-order valence-corrected chi connectivity index (χ1v) is 7.39. The van der Waals surface area contributed by atoms with Gasteiger partial charge in [0.1, 0.15) is 0 Å². The molecule has 0 spiro atoms. The number of hydrogen-bond donors (Lipinski definition) is 1. The molecule has 1 aliphatic rings. The molecule has 0 amide bonds. The van der Waals surface area contributed by atoms with Crippen LogP contribution in [0.5, 0.6) is 0 Å². The molecule has 2 N–H and O–H groups in total. The summed E-state index contributed by atoms with van der Waals surface area (Å²) in [6.07, 6.45) is 3.30. The standard InChI is InChI=1S/C13H22BrN3O/c1-4-12-9(5-6-18-12)10(15)7-11-13(14)8(2)16-17(11)3/h9-10,12H,4-7,15H2,1-3H3. The largest absolute Gasteiger partial charge is 0.378 e. The van der Waals surface area contributed by atoms with E-state index in [4.69, 9.17) is 10.5 Å². The second kappa shape index (κ2) is 5.72. The van der Waals surface area contributed by atoms with Gasteiger partial charge in [-0.25, -0.2) is 0 Å². The molecule has 1 aromatic heterocycles. The predicted molar refractivity (Wildman–Crippen MR) is 75.5 cm³/mol. The Morgan fingerprint density at radius 2 is 2.33 bits per heavy atom. The lowest BCUT2D eigenvalue weighted by Crippen LogP contribution is -2.37. The zero-order valence-electron chi connectivity index (χ0n) is 11.3. The van der Waals surface area contributed by atoms with Crippen molar-refractivity contribution in [1.82, 2.24) is 9.78 Å². The highest BCUT2D eigenvalue weighted by molar-refractivity contribution is 9.10. The van der Waals surface area contributed by atoms with Crippen LogP contribution in [0.15, 0.2) is 4.47 Å². The Hall–Kier alpha value is -0.390. The molecule has 0 aliphatic carbocycles. The van der Waals surface area contributed by atoms with Gasteiger partial charge in [-0.05, 0) is 35.7 Å². The first kappa shape index (κ1) is 14.0. The van der Waals surface area contributed by atoms with Gasteiger partial charge in [0, 0.05) is 32.0 Å². The average Bonchev–Trinajstić information content (AvgIpc) is 2.90. The molecule has 5 heteroatoms. The molecule has 1 saturated heterocycles. The molecule has 3 unspecified atom stereocenters. The number of nitrogens with zero attached hydrogens (tertiary/aromatic N) is 2. The smallest absolute Gasteiger partial charge is 0.0738 e. The Labute approximate surface area is 117 Å². The maximum absolute atomic E-state index is 6.38. The normalized spacial score (nSPS) is 25.6. The van der Waals surface area contributed by atoms with Gasteiger partial charge in [0.2, 0.25) is 0 Å². The van der Waals surface area contributed by atoms with E-state index in [-0.39, 0.29) is 6.04 Å². The van der Waals surface area contributed by atoms with Gasteiger partial charge in [0.25, 0.3) is 0 Å². The van der Waals surface area contributed by atoms with Crippen LogP contribution in [0.4, 0.5) is 0 Å². The van der Waals surface area contributed by atoms with Crippen LogP contribution in [0.3, 0.4) is 0 Å². The van der Waals surface area contributed by atoms with Gasteiger partial charge in [0.15, 0.2) is 0 Å². The van der Waals surface area contributed by atoms with Gasteiger partial charge in [0.05, 0.1) is 22.0 Å². The van der Waals surface area contributed by atoms with Crippen molar-refractivity contribution in [1.29, 1.82) is 0 Å². The lowest BCUT2D eigenvalue weighted by Gasteiger charge is -2.23. The van der Waals surface area contributed by atoms with Gasteiger partial charge in [-0.15, -0.1) is 0 Å². The van der Waals surface area contributed by atoms with Crippen LogP contribution in [0.25, 0.3) is 0 Å². The van der Waals surface area contributed by atoms with Crippen molar-refractivity contribution in [2.75, 3.05) is 6.61 Å². The molecular formula is C13H22BrN3O. The van der Waals surface area contributed by atoms with Crippen molar-refractivity contribution in [3.05, 3.63) is 15.9 Å². The topological polar surface area (TPSA) is 53.1 Å².